The average molecular weight is 222 g/mol. The second-order valence-electron chi connectivity index (χ2n) is 3.96. The number of aliphatic hydroxyl groups is 1. The molecule has 90 valence electrons. The van der Waals surface area contributed by atoms with Crippen LogP contribution in [0.2, 0.25) is 0 Å². The van der Waals surface area contributed by atoms with Crippen molar-refractivity contribution in [2.75, 3.05) is 20.1 Å². The summed E-state index contributed by atoms with van der Waals surface area (Å²) in [6.45, 7) is 3.56. The van der Waals surface area contributed by atoms with Gasteiger partial charge in [-0.2, -0.15) is 0 Å². The van der Waals surface area contributed by atoms with Crippen LogP contribution in [-0.2, 0) is 6.42 Å². The summed E-state index contributed by atoms with van der Waals surface area (Å²) in [4.78, 5) is 0. The van der Waals surface area contributed by atoms with Crippen molar-refractivity contribution in [2.45, 2.75) is 25.5 Å². The maximum Gasteiger partial charge on any atom is 0.0820 e. The van der Waals surface area contributed by atoms with Gasteiger partial charge in [-0.05, 0) is 25.6 Å². The van der Waals surface area contributed by atoms with E-state index in [1.165, 1.54) is 5.56 Å². The first kappa shape index (κ1) is 13.2. The van der Waals surface area contributed by atoms with Gasteiger partial charge in [0.05, 0.1) is 6.10 Å². The summed E-state index contributed by atoms with van der Waals surface area (Å²) in [6, 6.07) is 10.3. The van der Waals surface area contributed by atoms with Crippen molar-refractivity contribution < 1.29 is 5.11 Å². The fourth-order valence-corrected chi connectivity index (χ4v) is 1.73. The highest BCUT2D eigenvalue weighted by atomic mass is 16.3. The van der Waals surface area contributed by atoms with Crippen LogP contribution in [-0.4, -0.2) is 37.4 Å². The topological polar surface area (TPSA) is 44.3 Å². The van der Waals surface area contributed by atoms with Gasteiger partial charge in [-0.25, -0.2) is 0 Å². The van der Waals surface area contributed by atoms with E-state index in [1.807, 2.05) is 32.2 Å². The van der Waals surface area contributed by atoms with Gasteiger partial charge >= 0.3 is 0 Å². The molecule has 1 rings (SSSR count). The third kappa shape index (κ3) is 4.31. The number of hydrogen-bond acceptors (Lipinski definition) is 3. The summed E-state index contributed by atoms with van der Waals surface area (Å²) in [6.07, 6.45) is 0.495. The van der Waals surface area contributed by atoms with Gasteiger partial charge in [-0.1, -0.05) is 37.3 Å². The first-order valence-electron chi connectivity index (χ1n) is 5.88. The molecule has 0 saturated heterocycles. The van der Waals surface area contributed by atoms with E-state index in [0.717, 1.165) is 13.0 Å². The molecular weight excluding hydrogens is 200 g/mol. The minimum Gasteiger partial charge on any atom is -0.390 e. The number of rotatable bonds is 7. The average Bonchev–Trinajstić information content (AvgIpc) is 2.34. The first-order chi connectivity index (χ1) is 7.77. The van der Waals surface area contributed by atoms with Gasteiger partial charge in [-0.3, -0.25) is 0 Å². The van der Waals surface area contributed by atoms with Crippen molar-refractivity contribution in [3.8, 4) is 0 Å². The second-order valence-corrected chi connectivity index (χ2v) is 3.96. The Hall–Kier alpha value is -0.900. The lowest BCUT2D eigenvalue weighted by Crippen LogP contribution is -2.44. The van der Waals surface area contributed by atoms with E-state index >= 15 is 0 Å². The maximum atomic E-state index is 9.98. The quantitative estimate of drug-likeness (QED) is 0.639. The Bertz CT molecular complexity index is 277. The molecule has 0 bridgehead atoms. The zero-order valence-electron chi connectivity index (χ0n) is 10.1. The van der Waals surface area contributed by atoms with Gasteiger partial charge < -0.3 is 15.7 Å². The number of nitrogens with one attached hydrogen (secondary N) is 2. The van der Waals surface area contributed by atoms with Crippen molar-refractivity contribution in [1.29, 1.82) is 0 Å². The highest BCUT2D eigenvalue weighted by molar-refractivity contribution is 5.16. The molecule has 2 atom stereocenters. The van der Waals surface area contributed by atoms with Crippen LogP contribution in [0.25, 0.3) is 0 Å². The predicted molar refractivity (Wildman–Crippen MR) is 67.5 cm³/mol. The molecule has 3 nitrogen and oxygen atoms in total. The molecule has 1 aromatic rings. The molecule has 0 radical (unpaired) electrons. The highest BCUT2D eigenvalue weighted by Gasteiger charge is 2.16. The molecule has 0 spiro atoms. The lowest BCUT2D eigenvalue weighted by molar-refractivity contribution is 0.129. The van der Waals surface area contributed by atoms with Crippen molar-refractivity contribution in [3.05, 3.63) is 35.9 Å². The lowest BCUT2D eigenvalue weighted by Gasteiger charge is -2.22. The number of benzene rings is 1. The molecule has 0 amide bonds. The molecule has 0 fully saturated rings. The summed E-state index contributed by atoms with van der Waals surface area (Å²) >= 11 is 0. The molecule has 0 unspecified atom stereocenters. The summed E-state index contributed by atoms with van der Waals surface area (Å²) in [5.74, 6) is 0. The fraction of sp³-hybridized carbons (Fsp3) is 0.538. The van der Waals surface area contributed by atoms with Gasteiger partial charge in [-0.15, -0.1) is 0 Å². The SMILES string of the molecule is CCNC[C@@H](O)[C@H](Cc1ccccc1)NC. The van der Waals surface area contributed by atoms with E-state index in [1.54, 1.807) is 0 Å². The number of hydrogen-bond donors (Lipinski definition) is 3. The van der Waals surface area contributed by atoms with Crippen molar-refractivity contribution >= 4 is 0 Å². The van der Waals surface area contributed by atoms with Crippen LogP contribution < -0.4 is 10.6 Å². The van der Waals surface area contributed by atoms with Crippen molar-refractivity contribution in [3.63, 3.8) is 0 Å². The van der Waals surface area contributed by atoms with Crippen LogP contribution in [0.1, 0.15) is 12.5 Å². The van der Waals surface area contributed by atoms with Crippen LogP contribution in [0.15, 0.2) is 30.3 Å². The van der Waals surface area contributed by atoms with E-state index in [0.29, 0.717) is 6.54 Å². The van der Waals surface area contributed by atoms with Crippen LogP contribution in [0.4, 0.5) is 0 Å². The third-order valence-corrected chi connectivity index (χ3v) is 2.74. The van der Waals surface area contributed by atoms with E-state index in [9.17, 15) is 5.11 Å². The monoisotopic (exact) mass is 222 g/mol. The summed E-state index contributed by atoms with van der Waals surface area (Å²) in [5.41, 5.74) is 1.25. The van der Waals surface area contributed by atoms with E-state index < -0.39 is 0 Å². The Kier molecular flexibility index (Phi) is 6.08. The zero-order valence-corrected chi connectivity index (χ0v) is 10.1. The molecule has 1 aromatic carbocycles. The zero-order chi connectivity index (χ0) is 11.8. The van der Waals surface area contributed by atoms with Gasteiger partial charge in [0.25, 0.3) is 0 Å². The molecule has 0 aliphatic rings. The van der Waals surface area contributed by atoms with Crippen LogP contribution in [0.5, 0.6) is 0 Å². The minimum atomic E-state index is -0.356. The van der Waals surface area contributed by atoms with Gasteiger partial charge in [0.15, 0.2) is 0 Å². The summed E-state index contributed by atoms with van der Waals surface area (Å²) in [7, 11) is 1.89. The predicted octanol–water partition coefficient (Wildman–Crippen LogP) is 0.787. The molecule has 0 heterocycles. The Balaban J connectivity index is 2.48. The van der Waals surface area contributed by atoms with Gasteiger partial charge in [0.2, 0.25) is 0 Å². The lowest BCUT2D eigenvalue weighted by atomic mass is 10.0. The third-order valence-electron chi connectivity index (χ3n) is 2.74. The molecule has 16 heavy (non-hydrogen) atoms. The van der Waals surface area contributed by atoms with Crippen molar-refractivity contribution in [2.24, 2.45) is 0 Å². The maximum absolute atomic E-state index is 9.98. The Morgan fingerprint density at radius 1 is 1.25 bits per heavy atom. The smallest absolute Gasteiger partial charge is 0.0820 e. The molecular formula is C13H22N2O. The van der Waals surface area contributed by atoms with Gasteiger partial charge in [0, 0.05) is 12.6 Å². The summed E-state index contributed by atoms with van der Waals surface area (Å²) in [5, 5.41) is 16.3. The molecule has 0 aromatic heterocycles. The van der Waals surface area contributed by atoms with E-state index in [2.05, 4.69) is 22.8 Å². The van der Waals surface area contributed by atoms with E-state index in [-0.39, 0.29) is 12.1 Å². The standard InChI is InChI=1S/C13H22N2O/c1-3-15-10-13(16)12(14-2)9-11-7-5-4-6-8-11/h4-8,12-16H,3,9-10H2,1-2H3/t12-,13+/m0/s1. The molecule has 3 N–H and O–H groups in total. The fourth-order valence-electron chi connectivity index (χ4n) is 1.73. The van der Waals surface area contributed by atoms with Gasteiger partial charge in [0.1, 0.15) is 0 Å². The van der Waals surface area contributed by atoms with Crippen LogP contribution in [0.3, 0.4) is 0 Å². The van der Waals surface area contributed by atoms with Crippen molar-refractivity contribution in [1.82, 2.24) is 10.6 Å². The largest absolute Gasteiger partial charge is 0.390 e. The molecule has 0 saturated carbocycles. The normalized spacial score (nSPS) is 14.7. The Labute approximate surface area is 97.9 Å². The van der Waals surface area contributed by atoms with Crippen LogP contribution in [0, 0.1) is 0 Å². The molecule has 3 heteroatoms. The molecule has 0 aliphatic heterocycles. The number of likely N-dealkylation sites (N-methyl/N-ethyl adjacent to an activating group) is 2. The second kappa shape index (κ2) is 7.39. The van der Waals surface area contributed by atoms with E-state index in [4.69, 9.17) is 0 Å². The highest BCUT2D eigenvalue weighted by Crippen LogP contribution is 2.05. The first-order valence-corrected chi connectivity index (χ1v) is 5.88. The minimum absolute atomic E-state index is 0.0986. The van der Waals surface area contributed by atoms with Crippen LogP contribution >= 0.6 is 0 Å². The summed E-state index contributed by atoms with van der Waals surface area (Å²) < 4.78 is 0. The number of aliphatic hydroxyl groups excluding tert-OH is 1. The Morgan fingerprint density at radius 3 is 2.50 bits per heavy atom. The molecule has 0 aliphatic carbocycles. The Morgan fingerprint density at radius 2 is 1.94 bits per heavy atom.